The Bertz CT molecular complexity index is 582. The van der Waals surface area contributed by atoms with Gasteiger partial charge in [0.05, 0.1) is 0 Å². The summed E-state index contributed by atoms with van der Waals surface area (Å²) < 4.78 is 24.1. The molecule has 1 heterocycles. The summed E-state index contributed by atoms with van der Waals surface area (Å²) in [5.74, 6) is 2.01. The minimum absolute atomic E-state index is 0.0640. The van der Waals surface area contributed by atoms with Gasteiger partial charge in [-0.1, -0.05) is 0 Å². The van der Waals surface area contributed by atoms with Crippen LogP contribution in [0.15, 0.2) is 34.7 Å². The predicted molar refractivity (Wildman–Crippen MR) is 80.8 cm³/mol. The smallest absolute Gasteiger partial charge is 0.146 e. The largest absolute Gasteiger partial charge is 0.486 e. The van der Waals surface area contributed by atoms with Crippen LogP contribution in [0.1, 0.15) is 37.9 Å². The second-order valence-corrected chi connectivity index (χ2v) is 6.14. The summed E-state index contributed by atoms with van der Waals surface area (Å²) in [5, 5.41) is 3.43. The van der Waals surface area contributed by atoms with Crippen LogP contribution in [-0.2, 0) is 13.2 Å². The number of furan rings is 1. The zero-order chi connectivity index (χ0) is 15.5. The first kappa shape index (κ1) is 15.6. The molecule has 0 saturated carbocycles. The van der Waals surface area contributed by atoms with Gasteiger partial charge in [0.1, 0.15) is 29.7 Å². The first-order valence-corrected chi connectivity index (χ1v) is 7.05. The van der Waals surface area contributed by atoms with E-state index in [2.05, 4.69) is 26.1 Å². The van der Waals surface area contributed by atoms with Crippen LogP contribution in [-0.4, -0.2) is 5.54 Å². The molecule has 0 fully saturated rings. The zero-order valence-electron chi connectivity index (χ0n) is 13.0. The van der Waals surface area contributed by atoms with Crippen LogP contribution in [0.25, 0.3) is 0 Å². The molecule has 0 aliphatic rings. The molecule has 0 amide bonds. The number of aryl methyl sites for hydroxylation is 1. The molecule has 4 heteroatoms. The maximum atomic E-state index is 12.8. The highest BCUT2D eigenvalue weighted by Crippen LogP contribution is 2.18. The van der Waals surface area contributed by atoms with Gasteiger partial charge in [0.25, 0.3) is 0 Å². The zero-order valence-corrected chi connectivity index (χ0v) is 13.0. The van der Waals surface area contributed by atoms with Crippen molar-refractivity contribution in [2.75, 3.05) is 0 Å². The average Bonchev–Trinajstić information content (AvgIpc) is 2.76. The monoisotopic (exact) mass is 291 g/mol. The fourth-order valence-electron chi connectivity index (χ4n) is 1.88. The number of nitrogens with one attached hydrogen (secondary N) is 1. The molecular weight excluding hydrogens is 269 g/mol. The van der Waals surface area contributed by atoms with Crippen molar-refractivity contribution in [3.63, 3.8) is 0 Å². The predicted octanol–water partition coefficient (Wildman–Crippen LogP) is 4.19. The van der Waals surface area contributed by atoms with Crippen molar-refractivity contribution >= 4 is 0 Å². The molecule has 0 bridgehead atoms. The lowest BCUT2D eigenvalue weighted by Crippen LogP contribution is -2.35. The van der Waals surface area contributed by atoms with Crippen molar-refractivity contribution in [3.8, 4) is 5.75 Å². The Labute approximate surface area is 125 Å². The van der Waals surface area contributed by atoms with E-state index in [0.717, 1.165) is 23.6 Å². The van der Waals surface area contributed by atoms with E-state index in [4.69, 9.17) is 9.15 Å². The molecule has 0 aliphatic heterocycles. The molecule has 21 heavy (non-hydrogen) atoms. The number of benzene rings is 1. The van der Waals surface area contributed by atoms with Crippen LogP contribution in [0.2, 0.25) is 0 Å². The summed E-state index contributed by atoms with van der Waals surface area (Å²) in [6, 6.07) is 7.96. The summed E-state index contributed by atoms with van der Waals surface area (Å²) >= 11 is 0. The molecule has 3 nitrogen and oxygen atoms in total. The Morgan fingerprint density at radius 2 is 1.86 bits per heavy atom. The second-order valence-electron chi connectivity index (χ2n) is 6.14. The van der Waals surface area contributed by atoms with Gasteiger partial charge < -0.3 is 14.5 Å². The third kappa shape index (κ3) is 4.90. The Kier molecular flexibility index (Phi) is 4.68. The molecule has 114 valence electrons. The lowest BCUT2D eigenvalue weighted by molar-refractivity contribution is 0.267. The van der Waals surface area contributed by atoms with Gasteiger partial charge in [-0.05, 0) is 58.0 Å². The fourth-order valence-corrected chi connectivity index (χ4v) is 1.88. The van der Waals surface area contributed by atoms with Crippen LogP contribution < -0.4 is 10.1 Å². The molecule has 2 aromatic rings. The van der Waals surface area contributed by atoms with Gasteiger partial charge >= 0.3 is 0 Å². The molecule has 0 spiro atoms. The van der Waals surface area contributed by atoms with Gasteiger partial charge in [-0.25, -0.2) is 4.39 Å². The van der Waals surface area contributed by atoms with Crippen LogP contribution in [0.5, 0.6) is 5.75 Å². The highest BCUT2D eigenvalue weighted by Gasteiger charge is 2.12. The Hall–Kier alpha value is -1.81. The molecule has 0 aliphatic carbocycles. The van der Waals surface area contributed by atoms with Crippen molar-refractivity contribution in [1.82, 2.24) is 5.32 Å². The van der Waals surface area contributed by atoms with E-state index < -0.39 is 0 Å². The molecule has 1 aromatic heterocycles. The molecule has 1 aromatic carbocycles. The van der Waals surface area contributed by atoms with Crippen molar-refractivity contribution in [1.29, 1.82) is 0 Å². The van der Waals surface area contributed by atoms with Crippen LogP contribution >= 0.6 is 0 Å². The number of hydrogen-bond acceptors (Lipinski definition) is 3. The van der Waals surface area contributed by atoms with E-state index in [1.54, 1.807) is 12.1 Å². The van der Waals surface area contributed by atoms with Gasteiger partial charge in [0, 0.05) is 17.6 Å². The highest BCUT2D eigenvalue weighted by molar-refractivity contribution is 5.24. The average molecular weight is 291 g/mol. The Morgan fingerprint density at radius 1 is 1.19 bits per heavy atom. The third-order valence-corrected chi connectivity index (χ3v) is 3.08. The molecule has 2 rings (SSSR count). The Balaban J connectivity index is 1.94. The van der Waals surface area contributed by atoms with E-state index in [0.29, 0.717) is 12.4 Å². The molecule has 0 unspecified atom stereocenters. The minimum atomic E-state index is -0.272. The van der Waals surface area contributed by atoms with E-state index in [-0.39, 0.29) is 11.4 Å². The fraction of sp³-hybridized carbons (Fsp3) is 0.412. The first-order valence-electron chi connectivity index (χ1n) is 7.05. The van der Waals surface area contributed by atoms with Gasteiger partial charge in [0.2, 0.25) is 0 Å². The molecule has 0 radical (unpaired) electrons. The van der Waals surface area contributed by atoms with Crippen LogP contribution in [0, 0.1) is 12.7 Å². The van der Waals surface area contributed by atoms with Crippen molar-refractivity contribution < 1.29 is 13.5 Å². The highest BCUT2D eigenvalue weighted by atomic mass is 19.1. The van der Waals surface area contributed by atoms with Crippen molar-refractivity contribution in [3.05, 3.63) is 53.2 Å². The summed E-state index contributed by atoms with van der Waals surface area (Å²) in [7, 11) is 0. The summed E-state index contributed by atoms with van der Waals surface area (Å²) in [6.07, 6.45) is 0. The van der Waals surface area contributed by atoms with E-state index in [1.165, 1.54) is 12.1 Å². The normalized spacial score (nSPS) is 11.7. The standard InChI is InChI=1S/C17H22FNO2/c1-12-13(10-19-17(2,3)4)9-16(21-12)11-20-15-7-5-14(18)6-8-15/h5-9,19H,10-11H2,1-4H3. The van der Waals surface area contributed by atoms with Crippen LogP contribution in [0.3, 0.4) is 0 Å². The molecule has 1 N–H and O–H groups in total. The second kappa shape index (κ2) is 6.31. The van der Waals surface area contributed by atoms with E-state index in [9.17, 15) is 4.39 Å². The number of rotatable bonds is 5. The number of hydrogen-bond donors (Lipinski definition) is 1. The van der Waals surface area contributed by atoms with Gasteiger partial charge in [-0.3, -0.25) is 0 Å². The SMILES string of the molecule is Cc1oc(COc2ccc(F)cc2)cc1CNC(C)(C)C. The first-order chi connectivity index (χ1) is 9.83. The quantitative estimate of drug-likeness (QED) is 0.896. The maximum absolute atomic E-state index is 12.8. The van der Waals surface area contributed by atoms with Crippen LogP contribution in [0.4, 0.5) is 4.39 Å². The summed E-state index contributed by atoms with van der Waals surface area (Å²) in [4.78, 5) is 0. The van der Waals surface area contributed by atoms with Crippen molar-refractivity contribution in [2.45, 2.75) is 46.4 Å². The summed E-state index contributed by atoms with van der Waals surface area (Å²) in [6.45, 7) is 9.42. The van der Waals surface area contributed by atoms with Gasteiger partial charge in [0.15, 0.2) is 0 Å². The topological polar surface area (TPSA) is 34.4 Å². The Morgan fingerprint density at radius 3 is 2.48 bits per heavy atom. The lowest BCUT2D eigenvalue weighted by atomic mass is 10.1. The maximum Gasteiger partial charge on any atom is 0.146 e. The molecule has 0 saturated heterocycles. The lowest BCUT2D eigenvalue weighted by Gasteiger charge is -2.20. The van der Waals surface area contributed by atoms with E-state index in [1.807, 2.05) is 13.0 Å². The molecule has 0 atom stereocenters. The third-order valence-electron chi connectivity index (χ3n) is 3.08. The van der Waals surface area contributed by atoms with Gasteiger partial charge in [-0.15, -0.1) is 0 Å². The number of ether oxygens (including phenoxy) is 1. The van der Waals surface area contributed by atoms with Gasteiger partial charge in [-0.2, -0.15) is 0 Å². The van der Waals surface area contributed by atoms with E-state index >= 15 is 0 Å². The number of halogens is 1. The van der Waals surface area contributed by atoms with Crippen molar-refractivity contribution in [2.24, 2.45) is 0 Å². The molecular formula is C17H22FNO2. The summed E-state index contributed by atoms with van der Waals surface area (Å²) in [5.41, 5.74) is 1.19. The minimum Gasteiger partial charge on any atom is -0.486 e.